The molecule has 2 aromatic carbocycles. The Hall–Kier alpha value is -3.10. The van der Waals surface area contributed by atoms with E-state index in [4.69, 9.17) is 0 Å². The van der Waals surface area contributed by atoms with E-state index in [1.807, 2.05) is 30.3 Å². The zero-order chi connectivity index (χ0) is 21.6. The van der Waals surface area contributed by atoms with Crippen LogP contribution in [0.15, 0.2) is 67.0 Å². The summed E-state index contributed by atoms with van der Waals surface area (Å²) >= 11 is 0. The number of benzene rings is 2. The van der Waals surface area contributed by atoms with E-state index in [9.17, 15) is 13.2 Å². The molecule has 0 fully saturated rings. The molecule has 0 aliphatic rings. The summed E-state index contributed by atoms with van der Waals surface area (Å²) in [5, 5.41) is 2.82. The summed E-state index contributed by atoms with van der Waals surface area (Å²) in [4.78, 5) is 20.9. The number of rotatable bonds is 8. The Balaban J connectivity index is 1.56. The summed E-state index contributed by atoms with van der Waals surface area (Å²) < 4.78 is 26.6. The van der Waals surface area contributed by atoms with Gasteiger partial charge in [0.1, 0.15) is 0 Å². The quantitative estimate of drug-likeness (QED) is 0.579. The van der Waals surface area contributed by atoms with Crippen LogP contribution in [0.25, 0.3) is 11.4 Å². The first-order valence-electron chi connectivity index (χ1n) is 9.56. The van der Waals surface area contributed by atoms with Gasteiger partial charge in [-0.05, 0) is 25.0 Å². The maximum atomic E-state index is 12.3. The van der Waals surface area contributed by atoms with Gasteiger partial charge in [-0.1, -0.05) is 54.6 Å². The average molecular weight is 425 g/mol. The second-order valence-corrected chi connectivity index (χ2v) is 8.95. The molecular weight excluding hydrogens is 400 g/mol. The van der Waals surface area contributed by atoms with E-state index in [0.29, 0.717) is 23.5 Å². The molecule has 2 N–H and O–H groups in total. The highest BCUT2D eigenvalue weighted by atomic mass is 32.2. The van der Waals surface area contributed by atoms with Crippen LogP contribution in [-0.4, -0.2) is 30.3 Å². The van der Waals surface area contributed by atoms with E-state index < -0.39 is 10.0 Å². The molecule has 0 aliphatic heterocycles. The minimum Gasteiger partial charge on any atom is -0.348 e. The minimum absolute atomic E-state index is 0.0804. The number of hydrogen-bond acceptors (Lipinski definition) is 5. The van der Waals surface area contributed by atoms with Crippen LogP contribution >= 0.6 is 0 Å². The van der Waals surface area contributed by atoms with E-state index in [-0.39, 0.29) is 17.7 Å². The Morgan fingerprint density at radius 2 is 1.53 bits per heavy atom. The Kier molecular flexibility index (Phi) is 6.91. The highest BCUT2D eigenvalue weighted by Gasteiger charge is 2.13. The van der Waals surface area contributed by atoms with Gasteiger partial charge in [0.15, 0.2) is 5.82 Å². The minimum atomic E-state index is -3.37. The van der Waals surface area contributed by atoms with Gasteiger partial charge in [-0.25, -0.2) is 23.1 Å². The van der Waals surface area contributed by atoms with Crippen LogP contribution in [0.4, 0.5) is 0 Å². The first kappa shape index (κ1) is 21.6. The van der Waals surface area contributed by atoms with Crippen molar-refractivity contribution in [1.82, 2.24) is 20.0 Å². The smallest absolute Gasteiger partial charge is 0.254 e. The molecule has 0 saturated heterocycles. The molecule has 0 atom stereocenters. The lowest BCUT2D eigenvalue weighted by atomic mass is 10.1. The molecule has 7 nitrogen and oxygen atoms in total. The third-order valence-corrected chi connectivity index (χ3v) is 5.74. The Labute approximate surface area is 176 Å². The molecule has 0 aliphatic carbocycles. The molecule has 3 aromatic rings. The van der Waals surface area contributed by atoms with Crippen LogP contribution in [0.3, 0.4) is 0 Å². The number of hydrogen-bond donors (Lipinski definition) is 2. The molecule has 30 heavy (non-hydrogen) atoms. The summed E-state index contributed by atoms with van der Waals surface area (Å²) in [5.41, 5.74) is 2.80. The standard InChI is InChI=1S/C22H24N4O3S/c1-16(2)26-30(28,29)15-18-10-8-17(9-11-18)12-25-22(27)20-13-23-21(24-14-20)19-6-4-3-5-7-19/h3-11,13-14,16,26H,12,15H2,1-2H3,(H,25,27). The number of nitrogens with one attached hydrogen (secondary N) is 2. The number of nitrogens with zero attached hydrogens (tertiary/aromatic N) is 2. The van der Waals surface area contributed by atoms with Crippen molar-refractivity contribution in [2.45, 2.75) is 32.2 Å². The van der Waals surface area contributed by atoms with E-state index in [1.54, 1.807) is 38.1 Å². The summed E-state index contributed by atoms with van der Waals surface area (Å²) in [6.07, 6.45) is 3.00. The maximum absolute atomic E-state index is 12.3. The number of sulfonamides is 1. The summed E-state index contributed by atoms with van der Waals surface area (Å²) in [5.74, 6) is 0.204. The van der Waals surface area contributed by atoms with Crippen LogP contribution in [0.2, 0.25) is 0 Å². The van der Waals surface area contributed by atoms with Crippen molar-refractivity contribution in [1.29, 1.82) is 0 Å². The first-order valence-corrected chi connectivity index (χ1v) is 11.2. The summed E-state index contributed by atoms with van der Waals surface area (Å²) in [7, 11) is -3.37. The van der Waals surface area contributed by atoms with E-state index >= 15 is 0 Å². The lowest BCUT2D eigenvalue weighted by Crippen LogP contribution is -2.31. The zero-order valence-corrected chi connectivity index (χ0v) is 17.7. The highest BCUT2D eigenvalue weighted by Crippen LogP contribution is 2.13. The Morgan fingerprint density at radius 1 is 0.933 bits per heavy atom. The van der Waals surface area contributed by atoms with Crippen molar-refractivity contribution in [3.8, 4) is 11.4 Å². The normalized spacial score (nSPS) is 11.4. The molecule has 1 aromatic heterocycles. The number of carbonyl (C=O) groups is 1. The van der Waals surface area contributed by atoms with Gasteiger partial charge in [-0.15, -0.1) is 0 Å². The topological polar surface area (TPSA) is 101 Å². The molecule has 0 radical (unpaired) electrons. The number of aromatic nitrogens is 2. The molecule has 0 spiro atoms. The van der Waals surface area contributed by atoms with Crippen molar-refractivity contribution in [3.05, 3.63) is 83.7 Å². The number of carbonyl (C=O) groups excluding carboxylic acids is 1. The fourth-order valence-electron chi connectivity index (χ4n) is 2.84. The van der Waals surface area contributed by atoms with E-state index in [0.717, 1.165) is 11.1 Å². The van der Waals surface area contributed by atoms with Gasteiger partial charge in [0.2, 0.25) is 10.0 Å². The van der Waals surface area contributed by atoms with Gasteiger partial charge in [-0.2, -0.15) is 0 Å². The lowest BCUT2D eigenvalue weighted by molar-refractivity contribution is 0.0950. The van der Waals surface area contributed by atoms with Crippen LogP contribution < -0.4 is 10.0 Å². The van der Waals surface area contributed by atoms with Gasteiger partial charge in [0.05, 0.1) is 11.3 Å². The largest absolute Gasteiger partial charge is 0.348 e. The third kappa shape index (κ3) is 6.20. The lowest BCUT2D eigenvalue weighted by Gasteiger charge is -2.10. The van der Waals surface area contributed by atoms with Crippen molar-refractivity contribution < 1.29 is 13.2 Å². The molecule has 1 heterocycles. The van der Waals surface area contributed by atoms with Crippen molar-refractivity contribution in [2.75, 3.05) is 0 Å². The molecule has 156 valence electrons. The highest BCUT2D eigenvalue weighted by molar-refractivity contribution is 7.88. The SMILES string of the molecule is CC(C)NS(=O)(=O)Cc1ccc(CNC(=O)c2cnc(-c3ccccc3)nc2)cc1. The van der Waals surface area contributed by atoms with E-state index in [1.165, 1.54) is 12.4 Å². The average Bonchev–Trinajstić information content (AvgIpc) is 2.72. The predicted octanol–water partition coefficient (Wildman–Crippen LogP) is 2.90. The van der Waals surface area contributed by atoms with Crippen molar-refractivity contribution in [2.24, 2.45) is 0 Å². The monoisotopic (exact) mass is 424 g/mol. The Morgan fingerprint density at radius 3 is 2.13 bits per heavy atom. The first-order chi connectivity index (χ1) is 14.3. The molecule has 0 unspecified atom stereocenters. The zero-order valence-electron chi connectivity index (χ0n) is 16.9. The maximum Gasteiger partial charge on any atom is 0.254 e. The van der Waals surface area contributed by atoms with Crippen LogP contribution in [0.5, 0.6) is 0 Å². The van der Waals surface area contributed by atoms with Crippen LogP contribution in [-0.2, 0) is 22.3 Å². The van der Waals surface area contributed by atoms with Gasteiger partial charge < -0.3 is 5.32 Å². The van der Waals surface area contributed by atoms with Gasteiger partial charge in [0, 0.05) is 30.5 Å². The van der Waals surface area contributed by atoms with Crippen molar-refractivity contribution >= 4 is 15.9 Å². The van der Waals surface area contributed by atoms with Gasteiger partial charge in [0.25, 0.3) is 5.91 Å². The number of amides is 1. The fraction of sp³-hybridized carbons (Fsp3) is 0.227. The molecule has 8 heteroatoms. The fourth-order valence-corrected chi connectivity index (χ4v) is 4.27. The molecule has 0 saturated carbocycles. The molecular formula is C22H24N4O3S. The van der Waals surface area contributed by atoms with E-state index in [2.05, 4.69) is 20.0 Å². The molecule has 1 amide bonds. The predicted molar refractivity (Wildman–Crippen MR) is 116 cm³/mol. The van der Waals surface area contributed by atoms with Crippen LogP contribution in [0, 0.1) is 0 Å². The van der Waals surface area contributed by atoms with Crippen LogP contribution in [0.1, 0.15) is 35.3 Å². The second-order valence-electron chi connectivity index (χ2n) is 7.19. The molecule has 0 bridgehead atoms. The van der Waals surface area contributed by atoms with Crippen molar-refractivity contribution in [3.63, 3.8) is 0 Å². The summed E-state index contributed by atoms with van der Waals surface area (Å²) in [6, 6.07) is 16.5. The van der Waals surface area contributed by atoms with Gasteiger partial charge in [-0.3, -0.25) is 4.79 Å². The summed E-state index contributed by atoms with van der Waals surface area (Å²) in [6.45, 7) is 3.88. The molecule has 3 rings (SSSR count). The third-order valence-electron chi connectivity index (χ3n) is 4.19. The second kappa shape index (κ2) is 9.60. The Bertz CT molecular complexity index is 1080. The van der Waals surface area contributed by atoms with Gasteiger partial charge >= 0.3 is 0 Å².